The molecular weight excluding hydrogens is 302 g/mol. The lowest BCUT2D eigenvalue weighted by Crippen LogP contribution is -2.43. The van der Waals surface area contributed by atoms with Crippen LogP contribution in [-0.2, 0) is 11.2 Å². The minimum atomic E-state index is -0.580. The molecule has 2 atom stereocenters. The molecule has 0 spiro atoms. The van der Waals surface area contributed by atoms with E-state index in [2.05, 4.69) is 5.32 Å². The smallest absolute Gasteiger partial charge is 0.317 e. The maximum atomic E-state index is 13.6. The molecule has 2 amide bonds. The third-order valence-corrected chi connectivity index (χ3v) is 4.07. The molecule has 0 aliphatic carbocycles. The summed E-state index contributed by atoms with van der Waals surface area (Å²) in [4.78, 5) is 14.0. The fourth-order valence-electron chi connectivity index (χ4n) is 2.82. The molecule has 128 valence electrons. The van der Waals surface area contributed by atoms with E-state index in [9.17, 15) is 13.6 Å². The molecule has 1 aliphatic rings. The molecule has 0 unspecified atom stereocenters. The molecule has 2 rings (SSSR count). The summed E-state index contributed by atoms with van der Waals surface area (Å²) in [6, 6.07) is 3.26. The summed E-state index contributed by atoms with van der Waals surface area (Å²) in [7, 11) is 0. The van der Waals surface area contributed by atoms with E-state index in [1.54, 1.807) is 11.8 Å². The van der Waals surface area contributed by atoms with E-state index in [1.807, 2.05) is 6.92 Å². The Hall–Kier alpha value is -1.69. The quantitative estimate of drug-likeness (QED) is 0.873. The lowest BCUT2D eigenvalue weighted by Gasteiger charge is -2.21. The van der Waals surface area contributed by atoms with Gasteiger partial charge in [0.2, 0.25) is 0 Å². The Balaban J connectivity index is 1.83. The fraction of sp³-hybridized carbons (Fsp3) is 0.588. The number of ether oxygens (including phenoxy) is 1. The monoisotopic (exact) mass is 326 g/mol. The van der Waals surface area contributed by atoms with E-state index in [1.165, 1.54) is 18.2 Å². The summed E-state index contributed by atoms with van der Waals surface area (Å²) in [5.41, 5.74) is 0.0101. The fourth-order valence-corrected chi connectivity index (χ4v) is 2.82. The summed E-state index contributed by atoms with van der Waals surface area (Å²) in [6.45, 7) is 6.38. The first-order valence-corrected chi connectivity index (χ1v) is 8.07. The zero-order valence-corrected chi connectivity index (χ0v) is 13.6. The number of hydrogen-bond donors (Lipinski definition) is 1. The minimum Gasteiger partial charge on any atom is -0.381 e. The van der Waals surface area contributed by atoms with Crippen molar-refractivity contribution < 1.29 is 18.3 Å². The Morgan fingerprint density at radius 1 is 1.43 bits per heavy atom. The Kier molecular flexibility index (Phi) is 6.33. The van der Waals surface area contributed by atoms with Crippen LogP contribution in [0, 0.1) is 17.6 Å². The van der Waals surface area contributed by atoms with Crippen molar-refractivity contribution >= 4 is 6.03 Å². The number of rotatable bonds is 6. The Morgan fingerprint density at radius 3 is 2.78 bits per heavy atom. The van der Waals surface area contributed by atoms with E-state index >= 15 is 0 Å². The molecule has 6 heteroatoms. The van der Waals surface area contributed by atoms with Crippen molar-refractivity contribution in [3.8, 4) is 0 Å². The van der Waals surface area contributed by atoms with Crippen LogP contribution in [-0.4, -0.2) is 43.3 Å². The SMILES string of the molecule is CCOC[C@H]1CCN(C(=O)N[C@@H](C)Cc2c(F)cccc2F)C1. The second-order valence-electron chi connectivity index (χ2n) is 6.02. The van der Waals surface area contributed by atoms with Gasteiger partial charge in [-0.3, -0.25) is 0 Å². The first-order valence-electron chi connectivity index (χ1n) is 8.07. The van der Waals surface area contributed by atoms with Gasteiger partial charge in [0, 0.05) is 37.2 Å². The Morgan fingerprint density at radius 2 is 2.13 bits per heavy atom. The maximum absolute atomic E-state index is 13.6. The van der Waals surface area contributed by atoms with Crippen molar-refractivity contribution in [3.63, 3.8) is 0 Å². The second kappa shape index (κ2) is 8.24. The number of urea groups is 1. The molecule has 1 aromatic rings. The van der Waals surface area contributed by atoms with E-state index in [0.29, 0.717) is 32.2 Å². The van der Waals surface area contributed by atoms with Gasteiger partial charge in [-0.05, 0) is 38.8 Å². The van der Waals surface area contributed by atoms with Crippen LogP contribution in [0.5, 0.6) is 0 Å². The normalized spacial score (nSPS) is 19.0. The van der Waals surface area contributed by atoms with Crippen LogP contribution in [0.4, 0.5) is 13.6 Å². The number of likely N-dealkylation sites (tertiary alicyclic amines) is 1. The average Bonchev–Trinajstić information content (AvgIpc) is 2.98. The molecule has 4 nitrogen and oxygen atoms in total. The highest BCUT2D eigenvalue weighted by molar-refractivity contribution is 5.74. The zero-order chi connectivity index (χ0) is 16.8. The first-order chi connectivity index (χ1) is 11.0. The van der Waals surface area contributed by atoms with Gasteiger partial charge in [0.1, 0.15) is 11.6 Å². The second-order valence-corrected chi connectivity index (χ2v) is 6.02. The largest absolute Gasteiger partial charge is 0.381 e. The van der Waals surface area contributed by atoms with Crippen LogP contribution in [0.2, 0.25) is 0 Å². The molecule has 0 aromatic heterocycles. The standard InChI is InChI=1S/C17H24F2N2O2/c1-3-23-11-13-7-8-21(10-13)17(22)20-12(2)9-14-15(18)5-4-6-16(14)19/h4-6,12-13H,3,7-11H2,1-2H3,(H,20,22)/t12-,13-/m0/s1. The molecule has 1 heterocycles. The van der Waals surface area contributed by atoms with Crippen molar-refractivity contribution in [1.29, 1.82) is 0 Å². The number of hydrogen-bond acceptors (Lipinski definition) is 2. The number of carbonyl (C=O) groups excluding carboxylic acids is 1. The molecule has 1 aliphatic heterocycles. The molecule has 0 saturated carbocycles. The summed E-state index contributed by atoms with van der Waals surface area (Å²) in [6.07, 6.45) is 1.05. The summed E-state index contributed by atoms with van der Waals surface area (Å²) < 4.78 is 32.7. The van der Waals surface area contributed by atoms with Crippen LogP contribution in [0.3, 0.4) is 0 Å². The molecular formula is C17H24F2N2O2. The van der Waals surface area contributed by atoms with Gasteiger partial charge in [-0.1, -0.05) is 6.07 Å². The van der Waals surface area contributed by atoms with Gasteiger partial charge in [-0.15, -0.1) is 0 Å². The van der Waals surface area contributed by atoms with Crippen LogP contribution in [0.15, 0.2) is 18.2 Å². The lowest BCUT2D eigenvalue weighted by atomic mass is 10.1. The average molecular weight is 326 g/mol. The number of benzene rings is 1. The number of halogens is 2. The molecule has 0 radical (unpaired) electrons. The Bertz CT molecular complexity index is 519. The van der Waals surface area contributed by atoms with Gasteiger partial charge in [-0.2, -0.15) is 0 Å². The highest BCUT2D eigenvalue weighted by Crippen LogP contribution is 2.17. The van der Waals surface area contributed by atoms with Crippen LogP contribution in [0.1, 0.15) is 25.8 Å². The molecule has 1 fully saturated rings. The molecule has 1 saturated heterocycles. The van der Waals surface area contributed by atoms with Crippen LogP contribution >= 0.6 is 0 Å². The van der Waals surface area contributed by atoms with Crippen molar-refractivity contribution in [1.82, 2.24) is 10.2 Å². The van der Waals surface area contributed by atoms with Crippen molar-refractivity contribution in [2.75, 3.05) is 26.3 Å². The summed E-state index contributed by atoms with van der Waals surface area (Å²) in [5.74, 6) is -0.798. The predicted octanol–water partition coefficient (Wildman–Crippen LogP) is 2.96. The summed E-state index contributed by atoms with van der Waals surface area (Å²) >= 11 is 0. The topological polar surface area (TPSA) is 41.6 Å². The van der Waals surface area contributed by atoms with Crippen molar-refractivity contribution in [2.24, 2.45) is 5.92 Å². The van der Waals surface area contributed by atoms with Gasteiger partial charge in [-0.25, -0.2) is 13.6 Å². The van der Waals surface area contributed by atoms with E-state index in [0.717, 1.165) is 6.42 Å². The zero-order valence-electron chi connectivity index (χ0n) is 13.6. The van der Waals surface area contributed by atoms with Crippen molar-refractivity contribution in [2.45, 2.75) is 32.7 Å². The maximum Gasteiger partial charge on any atom is 0.317 e. The van der Waals surface area contributed by atoms with Gasteiger partial charge >= 0.3 is 6.03 Å². The highest BCUT2D eigenvalue weighted by atomic mass is 19.1. The van der Waals surface area contributed by atoms with Gasteiger partial charge in [0.05, 0.1) is 6.61 Å². The molecule has 23 heavy (non-hydrogen) atoms. The molecule has 1 N–H and O–H groups in total. The van der Waals surface area contributed by atoms with Gasteiger partial charge < -0.3 is 15.0 Å². The Labute approximate surface area is 135 Å². The van der Waals surface area contributed by atoms with Gasteiger partial charge in [0.25, 0.3) is 0 Å². The summed E-state index contributed by atoms with van der Waals surface area (Å²) in [5, 5.41) is 2.81. The number of carbonyl (C=O) groups is 1. The third kappa shape index (κ3) is 4.89. The highest BCUT2D eigenvalue weighted by Gasteiger charge is 2.27. The van der Waals surface area contributed by atoms with Crippen LogP contribution in [0.25, 0.3) is 0 Å². The van der Waals surface area contributed by atoms with Crippen LogP contribution < -0.4 is 5.32 Å². The molecule has 1 aromatic carbocycles. The van der Waals surface area contributed by atoms with Crippen molar-refractivity contribution in [3.05, 3.63) is 35.4 Å². The number of nitrogens with zero attached hydrogens (tertiary/aromatic N) is 1. The minimum absolute atomic E-state index is 0.0101. The molecule has 0 bridgehead atoms. The van der Waals surface area contributed by atoms with E-state index in [-0.39, 0.29) is 24.1 Å². The predicted molar refractivity (Wildman–Crippen MR) is 84.2 cm³/mol. The van der Waals surface area contributed by atoms with E-state index in [4.69, 9.17) is 4.74 Å². The lowest BCUT2D eigenvalue weighted by molar-refractivity contribution is 0.113. The van der Waals surface area contributed by atoms with E-state index < -0.39 is 11.6 Å². The third-order valence-electron chi connectivity index (χ3n) is 4.07. The van der Waals surface area contributed by atoms with Gasteiger partial charge in [0.15, 0.2) is 0 Å². The number of amides is 2. The number of nitrogens with one attached hydrogen (secondary N) is 1. The first kappa shape index (κ1) is 17.7.